The van der Waals surface area contributed by atoms with E-state index in [9.17, 15) is 4.79 Å². The van der Waals surface area contributed by atoms with Crippen molar-refractivity contribution in [3.8, 4) is 0 Å². The Balaban J connectivity index is 0.000000292. The maximum atomic E-state index is 10.3. The minimum absolute atomic E-state index is 0.104. The maximum absolute atomic E-state index is 10.3. The van der Waals surface area contributed by atoms with Crippen LogP contribution in [-0.2, 0) is 4.79 Å². The molecule has 0 saturated heterocycles. The molecule has 2 unspecified atom stereocenters. The highest BCUT2D eigenvalue weighted by molar-refractivity contribution is 5.80. The Kier molecular flexibility index (Phi) is 4.59. The summed E-state index contributed by atoms with van der Waals surface area (Å²) < 4.78 is 0. The molecule has 1 saturated carbocycles. The van der Waals surface area contributed by atoms with E-state index in [-0.39, 0.29) is 11.8 Å². The molecule has 0 radical (unpaired) electrons. The van der Waals surface area contributed by atoms with Gasteiger partial charge in [0, 0.05) is 5.92 Å². The predicted molar refractivity (Wildman–Crippen MR) is 47.0 cm³/mol. The molecule has 0 aliphatic heterocycles. The molecule has 1 rings (SSSR count). The lowest BCUT2D eigenvalue weighted by Crippen LogP contribution is -2.13. The van der Waals surface area contributed by atoms with Crippen LogP contribution in [0.4, 0.5) is 0 Å². The van der Waals surface area contributed by atoms with Crippen LogP contribution in [0.1, 0.15) is 26.7 Å². The van der Waals surface area contributed by atoms with Crippen LogP contribution in [0.5, 0.6) is 0 Å². The van der Waals surface area contributed by atoms with Crippen molar-refractivity contribution in [1.82, 2.24) is 0 Å². The van der Waals surface area contributed by atoms with Gasteiger partial charge in [0.1, 0.15) is 0 Å². The van der Waals surface area contributed by atoms with Crippen LogP contribution >= 0.6 is 0 Å². The molecule has 64 valence electrons. The molecular formula is C9H17NO. The van der Waals surface area contributed by atoms with Crippen LogP contribution in [0, 0.1) is 11.8 Å². The highest BCUT2D eigenvalue weighted by atomic mass is 16.1. The maximum Gasteiger partial charge on any atom is 0.221 e. The molecule has 1 amide bonds. The Morgan fingerprint density at radius 1 is 1.73 bits per heavy atom. The van der Waals surface area contributed by atoms with Gasteiger partial charge in [0.2, 0.25) is 5.91 Å². The highest BCUT2D eigenvalue weighted by Gasteiger charge is 2.38. The second-order valence-corrected chi connectivity index (χ2v) is 2.85. The molecule has 0 aromatic carbocycles. The van der Waals surface area contributed by atoms with Crippen molar-refractivity contribution in [2.24, 2.45) is 17.6 Å². The molecule has 0 heterocycles. The largest absolute Gasteiger partial charge is 0.369 e. The summed E-state index contributed by atoms with van der Waals surface area (Å²) >= 11 is 0. The van der Waals surface area contributed by atoms with Crippen LogP contribution in [0.3, 0.4) is 0 Å². The van der Waals surface area contributed by atoms with E-state index in [1.54, 1.807) is 6.08 Å². The van der Waals surface area contributed by atoms with E-state index in [2.05, 4.69) is 20.4 Å². The zero-order chi connectivity index (χ0) is 8.85. The third kappa shape index (κ3) is 3.81. The summed E-state index contributed by atoms with van der Waals surface area (Å²) in [6.07, 6.45) is 3.95. The van der Waals surface area contributed by atoms with Gasteiger partial charge in [0.05, 0.1) is 0 Å². The zero-order valence-electron chi connectivity index (χ0n) is 7.34. The number of carbonyl (C=O) groups excluding carboxylic acids is 1. The number of hydrogen-bond donors (Lipinski definition) is 1. The zero-order valence-corrected chi connectivity index (χ0v) is 7.34. The molecule has 1 aliphatic rings. The first-order valence-corrected chi connectivity index (χ1v) is 4.09. The van der Waals surface area contributed by atoms with Crippen LogP contribution in [0.2, 0.25) is 0 Å². The number of allylic oxidation sites excluding steroid dienone is 1. The number of amides is 1. The molecule has 0 spiro atoms. The van der Waals surface area contributed by atoms with Crippen LogP contribution in [0.15, 0.2) is 12.7 Å². The molecule has 2 N–H and O–H groups in total. The second kappa shape index (κ2) is 4.94. The van der Waals surface area contributed by atoms with E-state index in [0.717, 1.165) is 6.42 Å². The first-order valence-electron chi connectivity index (χ1n) is 4.09. The summed E-state index contributed by atoms with van der Waals surface area (Å²) in [6.45, 7) is 7.80. The van der Waals surface area contributed by atoms with Gasteiger partial charge in [-0.15, -0.1) is 6.58 Å². The van der Waals surface area contributed by atoms with E-state index in [1.807, 2.05) is 0 Å². The van der Waals surface area contributed by atoms with Crippen LogP contribution in [0.25, 0.3) is 0 Å². The van der Waals surface area contributed by atoms with E-state index in [0.29, 0.717) is 5.92 Å². The summed E-state index contributed by atoms with van der Waals surface area (Å²) in [5, 5.41) is 0. The summed E-state index contributed by atoms with van der Waals surface area (Å²) in [4.78, 5) is 10.3. The third-order valence-corrected chi connectivity index (χ3v) is 1.51. The summed E-state index contributed by atoms with van der Waals surface area (Å²) in [5.41, 5.74) is 4.98. The fourth-order valence-corrected chi connectivity index (χ4v) is 0.802. The van der Waals surface area contributed by atoms with Crippen molar-refractivity contribution in [3.63, 3.8) is 0 Å². The molecule has 2 atom stereocenters. The molecule has 11 heavy (non-hydrogen) atoms. The molecule has 0 aromatic heterocycles. The molecular weight excluding hydrogens is 138 g/mol. The minimum atomic E-state index is -0.185. The predicted octanol–water partition coefficient (Wildman–Crippen LogP) is 1.71. The van der Waals surface area contributed by atoms with Gasteiger partial charge in [-0.05, 0) is 12.3 Å². The molecule has 1 fully saturated rings. The van der Waals surface area contributed by atoms with Gasteiger partial charge >= 0.3 is 0 Å². The Hall–Kier alpha value is -0.790. The van der Waals surface area contributed by atoms with E-state index >= 15 is 0 Å². The Morgan fingerprint density at radius 2 is 2.18 bits per heavy atom. The highest BCUT2D eigenvalue weighted by Crippen LogP contribution is 2.38. The smallest absolute Gasteiger partial charge is 0.221 e. The first-order chi connectivity index (χ1) is 5.17. The molecule has 0 bridgehead atoms. The monoisotopic (exact) mass is 155 g/mol. The van der Waals surface area contributed by atoms with Crippen molar-refractivity contribution < 1.29 is 4.79 Å². The Morgan fingerprint density at radius 3 is 2.27 bits per heavy atom. The first kappa shape index (κ1) is 10.2. The molecule has 1 aliphatic carbocycles. The van der Waals surface area contributed by atoms with Gasteiger partial charge < -0.3 is 5.73 Å². The fourth-order valence-electron chi connectivity index (χ4n) is 0.802. The Bertz CT molecular complexity index is 142. The lowest BCUT2D eigenvalue weighted by atomic mass is 10.3. The van der Waals surface area contributed by atoms with Gasteiger partial charge in [-0.2, -0.15) is 0 Å². The van der Waals surface area contributed by atoms with E-state index in [4.69, 9.17) is 5.73 Å². The lowest BCUT2D eigenvalue weighted by molar-refractivity contribution is -0.119. The van der Waals surface area contributed by atoms with Gasteiger partial charge in [-0.3, -0.25) is 4.79 Å². The standard InChI is InChI=1S/C6H9NO.C3H8/c1-2-4-3-5(4)6(7)8;1-3-2/h2,4-5H,1,3H2,(H2,7,8);3H2,1-2H3. The van der Waals surface area contributed by atoms with Crippen molar-refractivity contribution in [1.29, 1.82) is 0 Å². The molecule has 2 heteroatoms. The van der Waals surface area contributed by atoms with Gasteiger partial charge in [-0.1, -0.05) is 26.3 Å². The van der Waals surface area contributed by atoms with Gasteiger partial charge in [-0.25, -0.2) is 0 Å². The average Bonchev–Trinajstić information content (AvgIpc) is 2.66. The number of nitrogens with two attached hydrogens (primary N) is 1. The lowest BCUT2D eigenvalue weighted by Gasteiger charge is -1.82. The van der Waals surface area contributed by atoms with Crippen molar-refractivity contribution in [2.75, 3.05) is 0 Å². The van der Waals surface area contributed by atoms with Crippen molar-refractivity contribution in [2.45, 2.75) is 26.7 Å². The quantitative estimate of drug-likeness (QED) is 0.606. The Labute approximate surface area is 68.5 Å². The second-order valence-electron chi connectivity index (χ2n) is 2.85. The van der Waals surface area contributed by atoms with E-state index in [1.165, 1.54) is 6.42 Å². The number of primary amides is 1. The number of hydrogen-bond acceptors (Lipinski definition) is 1. The van der Waals surface area contributed by atoms with Gasteiger partial charge in [0.25, 0.3) is 0 Å². The van der Waals surface area contributed by atoms with Crippen LogP contribution < -0.4 is 5.73 Å². The number of rotatable bonds is 2. The summed E-state index contributed by atoms with van der Waals surface area (Å²) in [5.74, 6) is 0.301. The topological polar surface area (TPSA) is 43.1 Å². The van der Waals surface area contributed by atoms with Crippen molar-refractivity contribution in [3.05, 3.63) is 12.7 Å². The van der Waals surface area contributed by atoms with Crippen LogP contribution in [-0.4, -0.2) is 5.91 Å². The van der Waals surface area contributed by atoms with Gasteiger partial charge in [0.15, 0.2) is 0 Å². The van der Waals surface area contributed by atoms with E-state index < -0.39 is 0 Å². The minimum Gasteiger partial charge on any atom is -0.369 e. The molecule has 2 nitrogen and oxygen atoms in total. The normalized spacial score (nSPS) is 26.4. The SMILES string of the molecule is C=CC1CC1C(N)=O.CCC. The van der Waals surface area contributed by atoms with Crippen molar-refractivity contribution >= 4 is 5.91 Å². The fraction of sp³-hybridized carbons (Fsp3) is 0.667. The average molecular weight is 155 g/mol. The summed E-state index contributed by atoms with van der Waals surface area (Å²) in [7, 11) is 0. The summed E-state index contributed by atoms with van der Waals surface area (Å²) in [6, 6.07) is 0. The third-order valence-electron chi connectivity index (χ3n) is 1.51. The number of carbonyl (C=O) groups is 1. The molecule has 0 aromatic rings.